The van der Waals surface area contributed by atoms with Gasteiger partial charge in [0.1, 0.15) is 5.82 Å². The minimum atomic E-state index is -0.205. The summed E-state index contributed by atoms with van der Waals surface area (Å²) in [6.07, 6.45) is 0.662. The predicted molar refractivity (Wildman–Crippen MR) is 110 cm³/mol. The van der Waals surface area contributed by atoms with Crippen LogP contribution < -0.4 is 10.2 Å². The van der Waals surface area contributed by atoms with E-state index in [1.54, 1.807) is 14.0 Å². The van der Waals surface area contributed by atoms with Crippen LogP contribution in [0, 0.1) is 12.7 Å². The van der Waals surface area contributed by atoms with E-state index in [1.165, 1.54) is 12.1 Å². The number of halogens is 2. The summed E-state index contributed by atoms with van der Waals surface area (Å²) in [4.78, 5) is 13.0. The fourth-order valence-corrected chi connectivity index (χ4v) is 2.88. The van der Waals surface area contributed by atoms with Gasteiger partial charge < -0.3 is 19.6 Å². The van der Waals surface area contributed by atoms with E-state index in [1.807, 2.05) is 12.1 Å². The third-order valence-electron chi connectivity index (χ3n) is 4.17. The van der Waals surface area contributed by atoms with Crippen LogP contribution in [0.4, 0.5) is 10.1 Å². The Hall–Kier alpha value is -1.91. The van der Waals surface area contributed by atoms with E-state index in [9.17, 15) is 4.39 Å². The van der Waals surface area contributed by atoms with E-state index in [4.69, 9.17) is 4.52 Å². The highest BCUT2D eigenvalue weighted by Crippen LogP contribution is 2.16. The van der Waals surface area contributed by atoms with E-state index >= 15 is 0 Å². The van der Waals surface area contributed by atoms with Gasteiger partial charge >= 0.3 is 0 Å². The van der Waals surface area contributed by atoms with Gasteiger partial charge in [-0.1, -0.05) is 5.16 Å². The molecule has 1 aliphatic heterocycles. The molecule has 9 heteroatoms. The highest BCUT2D eigenvalue weighted by atomic mass is 127. The summed E-state index contributed by atoms with van der Waals surface area (Å²) in [6, 6.07) is 6.65. The third kappa shape index (κ3) is 5.29. The molecule has 1 fully saturated rings. The summed E-state index contributed by atoms with van der Waals surface area (Å²) < 4.78 is 18.2. The van der Waals surface area contributed by atoms with Gasteiger partial charge in [0.05, 0.1) is 0 Å². The van der Waals surface area contributed by atoms with Crippen molar-refractivity contribution >= 4 is 35.6 Å². The molecule has 1 aromatic heterocycles. The Labute approximate surface area is 169 Å². The summed E-state index contributed by atoms with van der Waals surface area (Å²) in [7, 11) is 1.78. The van der Waals surface area contributed by atoms with Crippen molar-refractivity contribution in [2.45, 2.75) is 13.3 Å². The number of anilines is 1. The minimum absolute atomic E-state index is 0. The normalized spacial score (nSPS) is 15.0. The second kappa shape index (κ2) is 9.70. The monoisotopic (exact) mass is 474 g/mol. The topological polar surface area (TPSA) is 69.8 Å². The molecule has 142 valence electrons. The largest absolute Gasteiger partial charge is 0.368 e. The summed E-state index contributed by atoms with van der Waals surface area (Å²) in [5.41, 5.74) is 1.05. The van der Waals surface area contributed by atoms with Crippen molar-refractivity contribution < 1.29 is 8.91 Å². The molecule has 0 saturated carbocycles. The molecule has 1 saturated heterocycles. The van der Waals surface area contributed by atoms with Gasteiger partial charge in [-0.25, -0.2) is 4.39 Å². The van der Waals surface area contributed by atoms with Crippen molar-refractivity contribution in [2.75, 3.05) is 44.7 Å². The van der Waals surface area contributed by atoms with Crippen LogP contribution in [-0.4, -0.2) is 60.8 Å². The molecule has 7 nitrogen and oxygen atoms in total. The maximum atomic E-state index is 13.0. The van der Waals surface area contributed by atoms with Crippen LogP contribution in [-0.2, 0) is 6.42 Å². The van der Waals surface area contributed by atoms with Gasteiger partial charge in [-0.2, -0.15) is 4.98 Å². The fraction of sp³-hybridized carbons (Fsp3) is 0.471. The molecule has 0 radical (unpaired) electrons. The number of aromatic nitrogens is 2. The molecular weight excluding hydrogens is 450 g/mol. The van der Waals surface area contributed by atoms with Crippen LogP contribution in [0.15, 0.2) is 33.8 Å². The number of aliphatic imine (C=N–C) groups is 1. The predicted octanol–water partition coefficient (Wildman–Crippen LogP) is 2.08. The van der Waals surface area contributed by atoms with E-state index in [-0.39, 0.29) is 29.8 Å². The summed E-state index contributed by atoms with van der Waals surface area (Å²) in [5.74, 6) is 1.94. The molecule has 0 amide bonds. The summed E-state index contributed by atoms with van der Waals surface area (Å²) >= 11 is 0. The molecule has 2 heterocycles. The molecular formula is C17H24FIN6O. The zero-order valence-electron chi connectivity index (χ0n) is 15.0. The zero-order valence-corrected chi connectivity index (χ0v) is 17.3. The van der Waals surface area contributed by atoms with Gasteiger partial charge in [0.25, 0.3) is 0 Å². The second-order valence-corrected chi connectivity index (χ2v) is 5.91. The molecule has 0 aliphatic carbocycles. The Morgan fingerprint density at radius 1 is 1.23 bits per heavy atom. The van der Waals surface area contributed by atoms with Gasteiger partial charge in [0.15, 0.2) is 11.8 Å². The Morgan fingerprint density at radius 2 is 1.92 bits per heavy atom. The molecule has 1 aromatic carbocycles. The van der Waals surface area contributed by atoms with Gasteiger partial charge in [-0.15, -0.1) is 24.0 Å². The molecule has 0 atom stereocenters. The molecule has 0 unspecified atom stereocenters. The number of nitrogens with one attached hydrogen (secondary N) is 1. The lowest BCUT2D eigenvalue weighted by Gasteiger charge is -2.37. The van der Waals surface area contributed by atoms with E-state index < -0.39 is 0 Å². The number of nitrogens with zero attached hydrogens (tertiary/aromatic N) is 5. The van der Waals surface area contributed by atoms with Crippen LogP contribution in [0.5, 0.6) is 0 Å². The lowest BCUT2D eigenvalue weighted by Crippen LogP contribution is -2.52. The number of benzene rings is 1. The van der Waals surface area contributed by atoms with E-state index in [2.05, 4.69) is 30.2 Å². The standard InChI is InChI=1S/C17H23FN6O.HI/c1-13-21-16(25-22-13)7-8-20-17(19-2)24-11-9-23(10-12-24)15-5-3-14(18)4-6-15;/h3-6H,7-12H2,1-2H3,(H,19,20);1H. The van der Waals surface area contributed by atoms with Crippen molar-refractivity contribution in [1.29, 1.82) is 0 Å². The van der Waals surface area contributed by atoms with Crippen LogP contribution in [0.1, 0.15) is 11.7 Å². The Balaban J connectivity index is 0.00000243. The minimum Gasteiger partial charge on any atom is -0.368 e. The number of guanidine groups is 1. The Bertz CT molecular complexity index is 712. The zero-order chi connectivity index (χ0) is 17.6. The first-order valence-corrected chi connectivity index (χ1v) is 8.41. The number of rotatable bonds is 4. The van der Waals surface area contributed by atoms with E-state index in [0.29, 0.717) is 24.7 Å². The highest BCUT2D eigenvalue weighted by Gasteiger charge is 2.19. The van der Waals surface area contributed by atoms with Crippen molar-refractivity contribution in [1.82, 2.24) is 20.4 Å². The fourth-order valence-electron chi connectivity index (χ4n) is 2.88. The van der Waals surface area contributed by atoms with Gasteiger partial charge in [-0.05, 0) is 31.2 Å². The third-order valence-corrected chi connectivity index (χ3v) is 4.17. The molecule has 0 bridgehead atoms. The lowest BCUT2D eigenvalue weighted by atomic mass is 10.2. The highest BCUT2D eigenvalue weighted by molar-refractivity contribution is 14.0. The summed E-state index contributed by atoms with van der Waals surface area (Å²) in [5, 5.41) is 7.12. The van der Waals surface area contributed by atoms with Crippen molar-refractivity contribution in [3.63, 3.8) is 0 Å². The Kier molecular flexibility index (Phi) is 7.61. The number of hydrogen-bond donors (Lipinski definition) is 1. The average molecular weight is 474 g/mol. The SMILES string of the molecule is CN=C(NCCc1nc(C)no1)N1CCN(c2ccc(F)cc2)CC1.I. The van der Waals surface area contributed by atoms with Crippen LogP contribution >= 0.6 is 24.0 Å². The van der Waals surface area contributed by atoms with E-state index in [0.717, 1.165) is 37.8 Å². The van der Waals surface area contributed by atoms with Crippen LogP contribution in [0.3, 0.4) is 0 Å². The molecule has 26 heavy (non-hydrogen) atoms. The van der Waals surface area contributed by atoms with Crippen molar-refractivity contribution in [3.8, 4) is 0 Å². The quantitative estimate of drug-likeness (QED) is 0.416. The molecule has 2 aromatic rings. The first kappa shape index (κ1) is 20.4. The van der Waals surface area contributed by atoms with Crippen molar-refractivity contribution in [2.24, 2.45) is 4.99 Å². The maximum absolute atomic E-state index is 13.0. The van der Waals surface area contributed by atoms with Crippen LogP contribution in [0.25, 0.3) is 0 Å². The van der Waals surface area contributed by atoms with Gasteiger partial charge in [-0.3, -0.25) is 4.99 Å². The first-order valence-electron chi connectivity index (χ1n) is 8.41. The molecule has 3 rings (SSSR count). The molecule has 1 aliphatic rings. The second-order valence-electron chi connectivity index (χ2n) is 5.91. The van der Waals surface area contributed by atoms with Gasteiger partial charge in [0, 0.05) is 51.9 Å². The maximum Gasteiger partial charge on any atom is 0.228 e. The molecule has 0 spiro atoms. The lowest BCUT2D eigenvalue weighted by molar-refractivity contribution is 0.363. The molecule has 1 N–H and O–H groups in total. The number of piperazine rings is 1. The number of aryl methyl sites for hydroxylation is 1. The van der Waals surface area contributed by atoms with Crippen LogP contribution in [0.2, 0.25) is 0 Å². The Morgan fingerprint density at radius 3 is 2.50 bits per heavy atom. The average Bonchev–Trinajstić information content (AvgIpc) is 3.05. The summed E-state index contributed by atoms with van der Waals surface area (Å²) in [6.45, 7) is 5.95. The smallest absolute Gasteiger partial charge is 0.228 e. The number of hydrogen-bond acceptors (Lipinski definition) is 5. The van der Waals surface area contributed by atoms with Gasteiger partial charge in [0.2, 0.25) is 5.89 Å². The van der Waals surface area contributed by atoms with Crippen molar-refractivity contribution in [3.05, 3.63) is 41.8 Å². The first-order chi connectivity index (χ1) is 12.2.